The first-order valence-electron chi connectivity index (χ1n) is 6.11. The molecule has 0 aliphatic carbocycles. The van der Waals surface area contributed by atoms with Gasteiger partial charge in [-0.3, -0.25) is 5.10 Å². The number of nitrogens with one attached hydrogen (secondary N) is 2. The third-order valence-electron chi connectivity index (χ3n) is 3.25. The van der Waals surface area contributed by atoms with Gasteiger partial charge in [0.1, 0.15) is 5.82 Å². The van der Waals surface area contributed by atoms with Crippen molar-refractivity contribution >= 4 is 0 Å². The van der Waals surface area contributed by atoms with Crippen molar-refractivity contribution in [3.05, 3.63) is 35.2 Å². The van der Waals surface area contributed by atoms with Gasteiger partial charge in [0.05, 0.1) is 0 Å². The second-order valence-corrected chi connectivity index (χ2v) is 4.33. The van der Waals surface area contributed by atoms with Gasteiger partial charge in [-0.2, -0.15) is 5.10 Å². The molecule has 4 heteroatoms. The standard InChI is InChI=1S/C13H16N4/c1-2-12-15-13(17-16-12)11-5-3-4-9-8-14-7-6-10(9)11/h3-5,14H,2,6-8H2,1H3,(H,15,16,17). The van der Waals surface area contributed by atoms with E-state index in [0.717, 1.165) is 37.6 Å². The van der Waals surface area contributed by atoms with Gasteiger partial charge in [-0.25, -0.2) is 4.98 Å². The number of nitrogens with zero attached hydrogens (tertiary/aromatic N) is 2. The van der Waals surface area contributed by atoms with Gasteiger partial charge in [-0.05, 0) is 24.1 Å². The third-order valence-corrected chi connectivity index (χ3v) is 3.25. The summed E-state index contributed by atoms with van der Waals surface area (Å²) >= 11 is 0. The van der Waals surface area contributed by atoms with Gasteiger partial charge in [0, 0.05) is 18.5 Å². The molecule has 2 aromatic rings. The lowest BCUT2D eigenvalue weighted by Crippen LogP contribution is -2.24. The second-order valence-electron chi connectivity index (χ2n) is 4.33. The molecule has 0 bridgehead atoms. The van der Waals surface area contributed by atoms with E-state index in [9.17, 15) is 0 Å². The van der Waals surface area contributed by atoms with Crippen molar-refractivity contribution in [2.24, 2.45) is 0 Å². The van der Waals surface area contributed by atoms with Gasteiger partial charge in [0.15, 0.2) is 5.82 Å². The van der Waals surface area contributed by atoms with Crippen LogP contribution in [0.15, 0.2) is 18.2 Å². The predicted molar refractivity (Wildman–Crippen MR) is 66.6 cm³/mol. The number of H-pyrrole nitrogens is 1. The molecule has 2 N–H and O–H groups in total. The van der Waals surface area contributed by atoms with Crippen LogP contribution < -0.4 is 5.32 Å². The highest BCUT2D eigenvalue weighted by atomic mass is 15.2. The van der Waals surface area contributed by atoms with E-state index in [1.165, 1.54) is 16.7 Å². The molecule has 0 saturated heterocycles. The Hall–Kier alpha value is -1.68. The maximum atomic E-state index is 4.52. The zero-order valence-corrected chi connectivity index (χ0v) is 9.95. The van der Waals surface area contributed by atoms with Crippen LogP contribution in [0, 0.1) is 0 Å². The Morgan fingerprint density at radius 3 is 3.12 bits per heavy atom. The molecule has 0 amide bonds. The molecule has 17 heavy (non-hydrogen) atoms. The summed E-state index contributed by atoms with van der Waals surface area (Å²) < 4.78 is 0. The zero-order chi connectivity index (χ0) is 11.7. The lowest BCUT2D eigenvalue weighted by Gasteiger charge is -2.18. The molecular weight excluding hydrogens is 212 g/mol. The Kier molecular flexibility index (Phi) is 2.65. The summed E-state index contributed by atoms with van der Waals surface area (Å²) in [5.41, 5.74) is 3.95. The Bertz CT molecular complexity index is 530. The van der Waals surface area contributed by atoms with E-state index in [4.69, 9.17) is 0 Å². The number of hydrogen-bond donors (Lipinski definition) is 2. The van der Waals surface area contributed by atoms with E-state index < -0.39 is 0 Å². The van der Waals surface area contributed by atoms with Gasteiger partial charge >= 0.3 is 0 Å². The van der Waals surface area contributed by atoms with Crippen molar-refractivity contribution in [1.29, 1.82) is 0 Å². The van der Waals surface area contributed by atoms with Crippen LogP contribution in [0.25, 0.3) is 11.4 Å². The van der Waals surface area contributed by atoms with E-state index >= 15 is 0 Å². The normalized spacial score (nSPS) is 14.6. The third kappa shape index (κ3) is 1.85. The molecule has 0 radical (unpaired) electrons. The van der Waals surface area contributed by atoms with E-state index in [1.54, 1.807) is 0 Å². The van der Waals surface area contributed by atoms with Crippen LogP contribution in [0.1, 0.15) is 23.9 Å². The maximum Gasteiger partial charge on any atom is 0.181 e. The molecule has 0 unspecified atom stereocenters. The summed E-state index contributed by atoms with van der Waals surface area (Å²) in [5.74, 6) is 1.78. The highest BCUT2D eigenvalue weighted by Gasteiger charge is 2.15. The minimum absolute atomic E-state index is 0.834. The minimum Gasteiger partial charge on any atom is -0.312 e. The summed E-state index contributed by atoms with van der Waals surface area (Å²) in [7, 11) is 0. The Morgan fingerprint density at radius 1 is 1.35 bits per heavy atom. The monoisotopic (exact) mass is 228 g/mol. The molecule has 0 spiro atoms. The van der Waals surface area contributed by atoms with Crippen LogP contribution in [0.5, 0.6) is 0 Å². The van der Waals surface area contributed by atoms with Crippen LogP contribution in [-0.4, -0.2) is 21.7 Å². The first-order chi connectivity index (χ1) is 8.38. The molecule has 2 heterocycles. The van der Waals surface area contributed by atoms with Gasteiger partial charge in [-0.15, -0.1) is 0 Å². The summed E-state index contributed by atoms with van der Waals surface area (Å²) in [5, 5.41) is 10.7. The minimum atomic E-state index is 0.834. The van der Waals surface area contributed by atoms with Crippen LogP contribution in [0.2, 0.25) is 0 Å². The van der Waals surface area contributed by atoms with Crippen LogP contribution >= 0.6 is 0 Å². The average molecular weight is 228 g/mol. The summed E-state index contributed by atoms with van der Waals surface area (Å²) in [6.45, 7) is 4.07. The van der Waals surface area contributed by atoms with Crippen molar-refractivity contribution in [2.45, 2.75) is 26.3 Å². The lowest BCUT2D eigenvalue weighted by atomic mass is 9.95. The molecule has 3 rings (SSSR count). The molecule has 1 aliphatic heterocycles. The Morgan fingerprint density at radius 2 is 2.29 bits per heavy atom. The van der Waals surface area contributed by atoms with Crippen LogP contribution in [0.3, 0.4) is 0 Å². The second kappa shape index (κ2) is 4.30. The molecule has 4 nitrogen and oxygen atoms in total. The predicted octanol–water partition coefficient (Wildman–Crippen LogP) is 1.68. The van der Waals surface area contributed by atoms with Crippen molar-refractivity contribution in [3.63, 3.8) is 0 Å². The molecule has 1 aromatic heterocycles. The molecule has 1 aliphatic rings. The largest absolute Gasteiger partial charge is 0.312 e. The number of aryl methyl sites for hydroxylation is 1. The van der Waals surface area contributed by atoms with E-state index in [2.05, 4.69) is 45.6 Å². The molecule has 1 aromatic carbocycles. The van der Waals surface area contributed by atoms with Crippen molar-refractivity contribution in [1.82, 2.24) is 20.5 Å². The van der Waals surface area contributed by atoms with E-state index in [-0.39, 0.29) is 0 Å². The molecule has 0 saturated carbocycles. The number of aromatic nitrogens is 3. The lowest BCUT2D eigenvalue weighted by molar-refractivity contribution is 0.644. The van der Waals surface area contributed by atoms with Crippen LogP contribution in [-0.2, 0) is 19.4 Å². The topological polar surface area (TPSA) is 53.6 Å². The number of aromatic amines is 1. The first kappa shape index (κ1) is 10.5. The quantitative estimate of drug-likeness (QED) is 0.822. The number of hydrogen-bond acceptors (Lipinski definition) is 3. The molecule has 88 valence electrons. The van der Waals surface area contributed by atoms with E-state index in [0.29, 0.717) is 0 Å². The highest BCUT2D eigenvalue weighted by Crippen LogP contribution is 2.25. The number of rotatable bonds is 2. The van der Waals surface area contributed by atoms with Gasteiger partial charge in [0.25, 0.3) is 0 Å². The molecule has 0 fully saturated rings. The Labute approximate surface area is 100 Å². The SMILES string of the molecule is CCc1nc(-c2cccc3c2CCNC3)n[nH]1. The van der Waals surface area contributed by atoms with Crippen molar-refractivity contribution in [2.75, 3.05) is 6.54 Å². The van der Waals surface area contributed by atoms with E-state index in [1.807, 2.05) is 0 Å². The fourth-order valence-electron chi connectivity index (χ4n) is 2.32. The number of benzene rings is 1. The molecule has 0 atom stereocenters. The highest BCUT2D eigenvalue weighted by molar-refractivity contribution is 5.62. The van der Waals surface area contributed by atoms with Gasteiger partial charge in [0.2, 0.25) is 0 Å². The maximum absolute atomic E-state index is 4.52. The summed E-state index contributed by atoms with van der Waals surface area (Å²) in [6.07, 6.45) is 1.95. The van der Waals surface area contributed by atoms with Crippen molar-refractivity contribution in [3.8, 4) is 11.4 Å². The van der Waals surface area contributed by atoms with Gasteiger partial charge in [-0.1, -0.05) is 25.1 Å². The number of fused-ring (bicyclic) bond motifs is 1. The smallest absolute Gasteiger partial charge is 0.181 e. The Balaban J connectivity index is 2.07. The summed E-state index contributed by atoms with van der Waals surface area (Å²) in [6, 6.07) is 6.38. The van der Waals surface area contributed by atoms with Crippen LogP contribution in [0.4, 0.5) is 0 Å². The van der Waals surface area contributed by atoms with Gasteiger partial charge < -0.3 is 5.32 Å². The summed E-state index contributed by atoms with van der Waals surface area (Å²) in [4.78, 5) is 4.52. The zero-order valence-electron chi connectivity index (χ0n) is 9.95. The fraction of sp³-hybridized carbons (Fsp3) is 0.385. The average Bonchev–Trinajstić information content (AvgIpc) is 2.87. The van der Waals surface area contributed by atoms with Crippen molar-refractivity contribution < 1.29 is 0 Å². The fourth-order valence-corrected chi connectivity index (χ4v) is 2.32. The molecular formula is C13H16N4. The first-order valence-corrected chi connectivity index (χ1v) is 6.11.